The van der Waals surface area contributed by atoms with E-state index < -0.39 is 0 Å². The summed E-state index contributed by atoms with van der Waals surface area (Å²) in [5.74, 6) is -0.334. The fourth-order valence-corrected chi connectivity index (χ4v) is 0.818. The van der Waals surface area contributed by atoms with Crippen LogP contribution in [0.2, 0.25) is 0 Å². The number of hydrogen-bond acceptors (Lipinski definition) is 3. The van der Waals surface area contributed by atoms with Crippen molar-refractivity contribution in [3.05, 3.63) is 36.2 Å². The van der Waals surface area contributed by atoms with Crippen LogP contribution >= 0.6 is 0 Å². The topological polar surface area (TPSA) is 59.1 Å². The SMILES string of the molecule is O=[C]CNC(=O)C=Cc1ccccn1. The minimum Gasteiger partial charge on any atom is -0.345 e. The maximum absolute atomic E-state index is 11.0. The number of hydrogen-bond donors (Lipinski definition) is 1. The zero-order valence-electron chi connectivity index (χ0n) is 7.43. The molecule has 0 aliphatic carbocycles. The van der Waals surface area contributed by atoms with Crippen LogP contribution in [0.25, 0.3) is 6.08 Å². The second kappa shape index (κ2) is 5.64. The van der Waals surface area contributed by atoms with E-state index in [-0.39, 0.29) is 12.5 Å². The van der Waals surface area contributed by atoms with Crippen LogP contribution in [0.15, 0.2) is 30.5 Å². The molecule has 0 atom stereocenters. The van der Waals surface area contributed by atoms with E-state index in [2.05, 4.69) is 10.3 Å². The lowest BCUT2D eigenvalue weighted by atomic mass is 10.3. The fraction of sp³-hybridized carbons (Fsp3) is 0.100. The van der Waals surface area contributed by atoms with E-state index in [1.165, 1.54) is 6.08 Å². The lowest BCUT2D eigenvalue weighted by molar-refractivity contribution is -0.116. The van der Waals surface area contributed by atoms with Crippen molar-refractivity contribution >= 4 is 18.3 Å². The van der Waals surface area contributed by atoms with Crippen LogP contribution in [0.4, 0.5) is 0 Å². The molecular weight excluding hydrogens is 180 g/mol. The molecule has 71 valence electrons. The highest BCUT2D eigenvalue weighted by Gasteiger charge is 1.92. The highest BCUT2D eigenvalue weighted by atomic mass is 16.2. The van der Waals surface area contributed by atoms with Crippen LogP contribution in [0.3, 0.4) is 0 Å². The fourth-order valence-electron chi connectivity index (χ4n) is 0.818. The van der Waals surface area contributed by atoms with Gasteiger partial charge in [0, 0.05) is 12.3 Å². The standard InChI is InChI=1S/C10H9N2O2/c13-8-7-12-10(14)5-4-9-3-1-2-6-11-9/h1-6H,7H2,(H,12,14). The Bertz CT molecular complexity index is 333. The molecule has 0 saturated heterocycles. The lowest BCUT2D eigenvalue weighted by Gasteiger charge is -1.93. The van der Waals surface area contributed by atoms with Gasteiger partial charge >= 0.3 is 0 Å². The highest BCUT2D eigenvalue weighted by molar-refractivity contribution is 5.92. The van der Waals surface area contributed by atoms with Gasteiger partial charge in [-0.2, -0.15) is 0 Å². The largest absolute Gasteiger partial charge is 0.345 e. The molecule has 14 heavy (non-hydrogen) atoms. The molecule has 0 aliphatic rings. The number of nitrogens with one attached hydrogen (secondary N) is 1. The summed E-state index contributed by atoms with van der Waals surface area (Å²) in [4.78, 5) is 24.8. The molecule has 0 fully saturated rings. The summed E-state index contributed by atoms with van der Waals surface area (Å²) in [6.07, 6.45) is 6.09. The maximum atomic E-state index is 11.0. The molecule has 1 aromatic rings. The molecule has 1 N–H and O–H groups in total. The second-order valence-corrected chi connectivity index (χ2v) is 2.45. The number of pyridine rings is 1. The molecule has 0 aromatic carbocycles. The Morgan fingerprint density at radius 1 is 1.57 bits per heavy atom. The van der Waals surface area contributed by atoms with E-state index in [1.807, 2.05) is 6.07 Å². The van der Waals surface area contributed by atoms with Crippen molar-refractivity contribution in [3.8, 4) is 0 Å². The van der Waals surface area contributed by atoms with Crippen LogP contribution in [0, 0.1) is 0 Å². The number of amides is 1. The highest BCUT2D eigenvalue weighted by Crippen LogP contribution is 1.95. The molecule has 0 unspecified atom stereocenters. The van der Waals surface area contributed by atoms with Gasteiger partial charge in [-0.15, -0.1) is 0 Å². The van der Waals surface area contributed by atoms with Gasteiger partial charge in [0.1, 0.15) is 0 Å². The van der Waals surface area contributed by atoms with Crippen molar-refractivity contribution in [1.29, 1.82) is 0 Å². The van der Waals surface area contributed by atoms with E-state index in [0.29, 0.717) is 5.69 Å². The first-order valence-corrected chi connectivity index (χ1v) is 4.05. The van der Waals surface area contributed by atoms with E-state index in [1.54, 1.807) is 30.7 Å². The average Bonchev–Trinajstić information content (AvgIpc) is 2.25. The van der Waals surface area contributed by atoms with Crippen LogP contribution in [0.5, 0.6) is 0 Å². The summed E-state index contributed by atoms with van der Waals surface area (Å²) in [7, 11) is 0. The zero-order chi connectivity index (χ0) is 10.2. The van der Waals surface area contributed by atoms with E-state index in [0.717, 1.165) is 0 Å². The number of carbonyl (C=O) groups excluding carboxylic acids is 2. The molecule has 1 amide bonds. The monoisotopic (exact) mass is 189 g/mol. The van der Waals surface area contributed by atoms with Gasteiger partial charge in [-0.1, -0.05) is 6.07 Å². The number of rotatable bonds is 4. The van der Waals surface area contributed by atoms with Gasteiger partial charge in [0.25, 0.3) is 0 Å². The third-order valence-corrected chi connectivity index (χ3v) is 1.43. The van der Waals surface area contributed by atoms with Crippen molar-refractivity contribution in [2.45, 2.75) is 0 Å². The van der Waals surface area contributed by atoms with Gasteiger partial charge in [0.2, 0.25) is 12.2 Å². The summed E-state index contributed by atoms with van der Waals surface area (Å²) in [6, 6.07) is 5.39. The molecule has 0 spiro atoms. The predicted molar refractivity (Wildman–Crippen MR) is 52.0 cm³/mol. The lowest BCUT2D eigenvalue weighted by Crippen LogP contribution is -2.22. The van der Waals surface area contributed by atoms with Crippen LogP contribution in [-0.4, -0.2) is 23.7 Å². The Labute approximate surface area is 81.7 Å². The van der Waals surface area contributed by atoms with Crippen molar-refractivity contribution in [2.75, 3.05) is 6.54 Å². The summed E-state index contributed by atoms with van der Waals surface area (Å²) in [5, 5.41) is 2.33. The maximum Gasteiger partial charge on any atom is 0.244 e. The quantitative estimate of drug-likeness (QED) is 0.694. The zero-order valence-corrected chi connectivity index (χ0v) is 7.43. The van der Waals surface area contributed by atoms with Crippen LogP contribution < -0.4 is 5.32 Å². The summed E-state index contributed by atoms with van der Waals surface area (Å²) < 4.78 is 0. The Kier molecular flexibility index (Phi) is 4.07. The van der Waals surface area contributed by atoms with Crippen molar-refractivity contribution in [2.24, 2.45) is 0 Å². The first-order chi connectivity index (χ1) is 6.83. The third kappa shape index (κ3) is 3.62. The van der Waals surface area contributed by atoms with Crippen LogP contribution in [-0.2, 0) is 9.59 Å². The second-order valence-electron chi connectivity index (χ2n) is 2.45. The normalized spacial score (nSPS) is 10.0. The van der Waals surface area contributed by atoms with Crippen molar-refractivity contribution < 1.29 is 9.59 Å². The number of nitrogens with zero attached hydrogens (tertiary/aromatic N) is 1. The Morgan fingerprint density at radius 2 is 2.43 bits per heavy atom. The molecular formula is C10H9N2O2. The van der Waals surface area contributed by atoms with E-state index >= 15 is 0 Å². The molecule has 0 saturated carbocycles. The molecule has 1 aromatic heterocycles. The van der Waals surface area contributed by atoms with E-state index in [4.69, 9.17) is 0 Å². The number of carbonyl (C=O) groups is 1. The Hall–Kier alpha value is -1.97. The van der Waals surface area contributed by atoms with Gasteiger partial charge in [-0.05, 0) is 18.2 Å². The predicted octanol–water partition coefficient (Wildman–Crippen LogP) is 0.321. The summed E-state index contributed by atoms with van der Waals surface area (Å²) >= 11 is 0. The van der Waals surface area contributed by atoms with Crippen molar-refractivity contribution in [3.63, 3.8) is 0 Å². The smallest absolute Gasteiger partial charge is 0.244 e. The first-order valence-electron chi connectivity index (χ1n) is 4.05. The molecule has 1 rings (SSSR count). The van der Waals surface area contributed by atoms with Crippen LogP contribution in [0.1, 0.15) is 5.69 Å². The van der Waals surface area contributed by atoms with Gasteiger partial charge in [0.05, 0.1) is 12.2 Å². The first kappa shape index (κ1) is 10.1. The summed E-state index contributed by atoms with van der Waals surface area (Å²) in [5.41, 5.74) is 0.692. The summed E-state index contributed by atoms with van der Waals surface area (Å²) in [6.45, 7) is -0.0919. The van der Waals surface area contributed by atoms with Gasteiger partial charge in [0.15, 0.2) is 0 Å². The average molecular weight is 189 g/mol. The molecule has 1 heterocycles. The molecule has 4 nitrogen and oxygen atoms in total. The minimum absolute atomic E-state index is 0.0919. The molecule has 0 aliphatic heterocycles. The number of aromatic nitrogens is 1. The third-order valence-electron chi connectivity index (χ3n) is 1.43. The minimum atomic E-state index is -0.334. The Morgan fingerprint density at radius 3 is 3.07 bits per heavy atom. The van der Waals surface area contributed by atoms with Crippen molar-refractivity contribution in [1.82, 2.24) is 10.3 Å². The van der Waals surface area contributed by atoms with Gasteiger partial charge < -0.3 is 5.32 Å². The van der Waals surface area contributed by atoms with Gasteiger partial charge in [-0.25, -0.2) is 0 Å². The molecule has 4 heteroatoms. The Balaban J connectivity index is 2.48. The molecule has 0 bridgehead atoms. The van der Waals surface area contributed by atoms with E-state index in [9.17, 15) is 9.59 Å². The molecule has 1 radical (unpaired) electrons. The van der Waals surface area contributed by atoms with Gasteiger partial charge in [-0.3, -0.25) is 14.6 Å².